The van der Waals surface area contributed by atoms with Gasteiger partial charge in [0, 0.05) is 12.0 Å². The van der Waals surface area contributed by atoms with Crippen molar-refractivity contribution in [2.45, 2.75) is 39.0 Å². The zero-order chi connectivity index (χ0) is 31.7. The quantitative estimate of drug-likeness (QED) is 0.0758. The van der Waals surface area contributed by atoms with Crippen molar-refractivity contribution in [3.8, 4) is 11.5 Å². The molecule has 2 aliphatic heterocycles. The van der Waals surface area contributed by atoms with Gasteiger partial charge < -0.3 is 19.3 Å². The first-order chi connectivity index (χ1) is 21.7. The number of hydrogen-bond acceptors (Lipinski definition) is 9. The number of carbonyl (C=O) groups is 3. The molecule has 228 valence electrons. The number of ketones is 1. The van der Waals surface area contributed by atoms with Gasteiger partial charge in [0.2, 0.25) is 0 Å². The van der Waals surface area contributed by atoms with Crippen molar-refractivity contribution >= 4 is 39.9 Å². The molecular weight excluding hydrogens is 592 g/mol. The normalized spacial score (nSPS) is 18.4. The Hall–Kier alpha value is -5.22. The topological polar surface area (TPSA) is 115 Å². The predicted octanol–water partition coefficient (Wildman–Crippen LogP) is 6.32. The van der Waals surface area contributed by atoms with Gasteiger partial charge in [0.25, 0.3) is 5.78 Å². The Morgan fingerprint density at radius 2 is 1.93 bits per heavy atom. The summed E-state index contributed by atoms with van der Waals surface area (Å²) >= 11 is 0.938. The van der Waals surface area contributed by atoms with Crippen LogP contribution in [-0.4, -0.2) is 40.5 Å². The lowest BCUT2D eigenvalue weighted by molar-refractivity contribution is -0.132. The Labute approximate surface area is 264 Å². The number of aliphatic hydroxyl groups excluding tert-OH is 1. The van der Waals surface area contributed by atoms with Crippen LogP contribution < -0.4 is 14.4 Å². The summed E-state index contributed by atoms with van der Waals surface area (Å²) in [5.74, 6) is -1.46. The fourth-order valence-electron chi connectivity index (χ4n) is 5.46. The van der Waals surface area contributed by atoms with Gasteiger partial charge in [0.1, 0.15) is 41.5 Å². The molecule has 2 aliphatic rings. The van der Waals surface area contributed by atoms with Crippen molar-refractivity contribution in [1.29, 1.82) is 0 Å². The first kappa shape index (κ1) is 29.8. The first-order valence-electron chi connectivity index (χ1n) is 14.4. The van der Waals surface area contributed by atoms with Crippen LogP contribution in [0, 0.1) is 6.92 Å². The number of hydrogen-bond donors (Lipinski definition) is 1. The molecular formula is C35H30N2O7S. The van der Waals surface area contributed by atoms with E-state index in [9.17, 15) is 19.5 Å². The third-order valence-electron chi connectivity index (χ3n) is 7.55. The molecule has 3 heterocycles. The maximum atomic E-state index is 13.7. The maximum Gasteiger partial charge on any atom is 0.350 e. The Morgan fingerprint density at radius 1 is 1.13 bits per heavy atom. The van der Waals surface area contributed by atoms with Crippen LogP contribution in [0.1, 0.15) is 50.6 Å². The maximum absolute atomic E-state index is 13.7. The zero-order valence-electron chi connectivity index (χ0n) is 24.7. The average Bonchev–Trinajstić information content (AvgIpc) is 3.70. The number of thiazole rings is 1. The number of benzene rings is 3. The molecule has 1 aromatic heterocycles. The van der Waals surface area contributed by atoms with Gasteiger partial charge in [-0.05, 0) is 60.9 Å². The van der Waals surface area contributed by atoms with Gasteiger partial charge in [0.15, 0.2) is 5.13 Å². The highest BCUT2D eigenvalue weighted by Crippen LogP contribution is 2.45. The highest BCUT2D eigenvalue weighted by Gasteiger charge is 2.48. The van der Waals surface area contributed by atoms with Crippen LogP contribution in [0.25, 0.3) is 5.76 Å². The third kappa shape index (κ3) is 5.84. The number of rotatable bonds is 9. The number of aryl methyl sites for hydroxylation is 1. The van der Waals surface area contributed by atoms with Gasteiger partial charge in [-0.1, -0.05) is 66.5 Å². The molecule has 0 bridgehead atoms. The van der Waals surface area contributed by atoms with Crippen LogP contribution in [0.15, 0.2) is 91.0 Å². The number of ether oxygens (including phenoxy) is 3. The van der Waals surface area contributed by atoms with Crippen LogP contribution >= 0.6 is 11.3 Å². The summed E-state index contributed by atoms with van der Waals surface area (Å²) in [6.07, 6.45) is 2.09. The first-order valence-corrected chi connectivity index (χ1v) is 15.2. The third-order valence-corrected chi connectivity index (χ3v) is 8.68. The van der Waals surface area contributed by atoms with E-state index in [1.165, 1.54) is 11.0 Å². The molecule has 45 heavy (non-hydrogen) atoms. The Morgan fingerprint density at radius 3 is 2.71 bits per heavy atom. The van der Waals surface area contributed by atoms with Crippen molar-refractivity contribution in [1.82, 2.24) is 4.98 Å². The van der Waals surface area contributed by atoms with E-state index in [1.807, 2.05) is 37.3 Å². The number of carbonyl (C=O) groups excluding carboxylic acids is 3. The van der Waals surface area contributed by atoms with E-state index in [0.717, 1.165) is 22.5 Å². The van der Waals surface area contributed by atoms with Gasteiger partial charge in [-0.15, -0.1) is 0 Å². The van der Waals surface area contributed by atoms with E-state index in [4.69, 9.17) is 14.2 Å². The van der Waals surface area contributed by atoms with Crippen molar-refractivity contribution < 1.29 is 33.7 Å². The summed E-state index contributed by atoms with van der Waals surface area (Å²) in [5.41, 5.74) is 3.01. The minimum Gasteiger partial charge on any atom is -0.507 e. The molecule has 1 fully saturated rings. The molecule has 1 N–H and O–H groups in total. The summed E-state index contributed by atoms with van der Waals surface area (Å²) in [6.45, 7) is 7.46. The van der Waals surface area contributed by atoms with Crippen LogP contribution in [-0.2, 0) is 27.4 Å². The molecule has 0 radical (unpaired) electrons. The number of Topliss-reactive ketones (excluding diaryl/α,β-unsaturated/α-hetero) is 1. The molecule has 10 heteroatoms. The predicted molar refractivity (Wildman–Crippen MR) is 170 cm³/mol. The summed E-state index contributed by atoms with van der Waals surface area (Å²) in [6, 6.07) is 20.8. The van der Waals surface area contributed by atoms with E-state index in [1.54, 1.807) is 49.4 Å². The molecule has 0 spiro atoms. The molecule has 1 saturated heterocycles. The average molecular weight is 623 g/mol. The highest BCUT2D eigenvalue weighted by atomic mass is 32.1. The number of fused-ring (bicyclic) bond motifs is 1. The van der Waals surface area contributed by atoms with E-state index in [2.05, 4.69) is 11.6 Å². The summed E-state index contributed by atoms with van der Waals surface area (Å²) in [4.78, 5) is 46.1. The lowest BCUT2D eigenvalue weighted by Gasteiger charge is -2.23. The van der Waals surface area contributed by atoms with Crippen LogP contribution in [0.2, 0.25) is 0 Å². The molecule has 0 saturated carbocycles. The monoisotopic (exact) mass is 622 g/mol. The van der Waals surface area contributed by atoms with Gasteiger partial charge in [-0.3, -0.25) is 14.5 Å². The number of aromatic nitrogens is 1. The standard InChI is InChI=1S/C35H30N2O7S/c1-4-15-42-34(41)32-21(3)36-35(45-32)37-29(23-11-8-12-26(18-23)43-19-22-9-6-5-7-10-22)28(31(39)33(37)40)30(38)24-13-14-27-25(17-24)16-20(2)44-27/h4-14,17-18,20,29,38H,1,15-16,19H2,2-3H3/t20-,29-/m1/s1. The minimum atomic E-state index is -1.06. The Kier molecular flexibility index (Phi) is 8.23. The lowest BCUT2D eigenvalue weighted by Crippen LogP contribution is -2.29. The summed E-state index contributed by atoms with van der Waals surface area (Å²) in [7, 11) is 0. The van der Waals surface area contributed by atoms with E-state index < -0.39 is 23.7 Å². The smallest absolute Gasteiger partial charge is 0.350 e. The second kappa shape index (κ2) is 12.4. The Balaban J connectivity index is 1.44. The number of amides is 1. The molecule has 3 aromatic carbocycles. The number of nitrogens with zero attached hydrogens (tertiary/aromatic N) is 2. The Bertz CT molecular complexity index is 1850. The van der Waals surface area contributed by atoms with Crippen LogP contribution in [0.3, 0.4) is 0 Å². The van der Waals surface area contributed by atoms with Crippen molar-refractivity contribution in [3.63, 3.8) is 0 Å². The van der Waals surface area contributed by atoms with E-state index in [0.29, 0.717) is 41.3 Å². The van der Waals surface area contributed by atoms with Crippen molar-refractivity contribution in [2.75, 3.05) is 11.5 Å². The summed E-state index contributed by atoms with van der Waals surface area (Å²) < 4.78 is 17.1. The largest absolute Gasteiger partial charge is 0.507 e. The van der Waals surface area contributed by atoms with Gasteiger partial charge in [-0.2, -0.15) is 0 Å². The lowest BCUT2D eigenvalue weighted by atomic mass is 9.94. The summed E-state index contributed by atoms with van der Waals surface area (Å²) in [5, 5.41) is 11.8. The van der Waals surface area contributed by atoms with Crippen LogP contribution in [0.4, 0.5) is 5.13 Å². The second-order valence-electron chi connectivity index (χ2n) is 10.8. The van der Waals surface area contributed by atoms with Gasteiger partial charge in [-0.25, -0.2) is 9.78 Å². The van der Waals surface area contributed by atoms with Crippen molar-refractivity contribution in [2.24, 2.45) is 0 Å². The number of aliphatic hydroxyl groups is 1. The fraction of sp³-hybridized carbons (Fsp3) is 0.200. The van der Waals surface area contributed by atoms with Gasteiger partial charge >= 0.3 is 11.9 Å². The van der Waals surface area contributed by atoms with Crippen LogP contribution in [0.5, 0.6) is 11.5 Å². The fourth-order valence-corrected chi connectivity index (χ4v) is 6.45. The molecule has 6 rings (SSSR count). The molecule has 0 unspecified atom stereocenters. The molecule has 4 aromatic rings. The molecule has 0 aliphatic carbocycles. The highest BCUT2D eigenvalue weighted by molar-refractivity contribution is 7.17. The molecule has 1 amide bonds. The minimum absolute atomic E-state index is 0.0103. The zero-order valence-corrected chi connectivity index (χ0v) is 25.5. The molecule has 2 atom stereocenters. The van der Waals surface area contributed by atoms with Gasteiger partial charge in [0.05, 0.1) is 17.3 Å². The van der Waals surface area contributed by atoms with E-state index in [-0.39, 0.29) is 34.1 Å². The number of esters is 1. The number of anilines is 1. The second-order valence-corrected chi connectivity index (χ2v) is 11.7. The van der Waals surface area contributed by atoms with Crippen molar-refractivity contribution in [3.05, 3.63) is 124 Å². The SMILES string of the molecule is C=CCOC(=O)c1sc(N2C(=O)C(=O)C(=C(O)c3ccc4c(c3)C[C@@H](C)O4)[C@H]2c2cccc(OCc3ccccc3)c2)nc1C. The molecule has 9 nitrogen and oxygen atoms in total. The van der Waals surface area contributed by atoms with E-state index >= 15 is 0 Å².